The molecule has 2 fully saturated rings. The van der Waals surface area contributed by atoms with Crippen molar-refractivity contribution in [2.45, 2.75) is 6.04 Å². The number of phenols is 2. The molecule has 0 spiro atoms. The molecule has 0 radical (unpaired) electrons. The summed E-state index contributed by atoms with van der Waals surface area (Å²) in [5.41, 5.74) is 3.79. The highest BCUT2D eigenvalue weighted by atomic mass is 16.5. The predicted octanol–water partition coefficient (Wildman–Crippen LogP) is 2.45. The molecule has 0 bridgehead atoms. The van der Waals surface area contributed by atoms with Crippen molar-refractivity contribution in [3.05, 3.63) is 30.3 Å². The monoisotopic (exact) mass is 410 g/mol. The quantitative estimate of drug-likeness (QED) is 0.639. The number of aromatic nitrogens is 2. The van der Waals surface area contributed by atoms with E-state index in [-0.39, 0.29) is 23.3 Å². The number of phenolic OH excluding ortho intramolecular Hbond substituents is 2. The van der Waals surface area contributed by atoms with E-state index in [9.17, 15) is 10.2 Å². The smallest absolute Gasteiger partial charge is 0.200 e. The van der Waals surface area contributed by atoms with Crippen LogP contribution in [0.25, 0.3) is 22.4 Å². The van der Waals surface area contributed by atoms with Gasteiger partial charge in [0, 0.05) is 37.4 Å². The predicted molar refractivity (Wildman–Crippen MR) is 115 cm³/mol. The molecule has 2 N–H and O–H groups in total. The van der Waals surface area contributed by atoms with Crippen LogP contribution in [-0.2, 0) is 4.74 Å². The lowest BCUT2D eigenvalue weighted by molar-refractivity contribution is -0.0209. The van der Waals surface area contributed by atoms with E-state index in [4.69, 9.17) is 14.5 Å². The van der Waals surface area contributed by atoms with Gasteiger partial charge in [0.15, 0.2) is 11.5 Å². The Kier molecular flexibility index (Phi) is 4.67. The minimum Gasteiger partial charge on any atom is -0.504 e. The lowest BCUT2D eigenvalue weighted by Gasteiger charge is -2.34. The van der Waals surface area contributed by atoms with E-state index in [1.807, 2.05) is 0 Å². The number of methoxy groups -OCH3 is 1. The van der Waals surface area contributed by atoms with Crippen molar-refractivity contribution in [3.8, 4) is 28.6 Å². The van der Waals surface area contributed by atoms with Gasteiger partial charge in [0.05, 0.1) is 37.4 Å². The van der Waals surface area contributed by atoms with E-state index in [1.54, 1.807) is 6.07 Å². The van der Waals surface area contributed by atoms with Gasteiger partial charge in [0.1, 0.15) is 5.82 Å². The number of hydrogen-bond donors (Lipinski definition) is 2. The second kappa shape index (κ2) is 7.37. The first-order valence-electron chi connectivity index (χ1n) is 10.2. The third kappa shape index (κ3) is 3.12. The topological polar surface area (TPSA) is 83.2 Å². The maximum atomic E-state index is 10.2. The van der Waals surface area contributed by atoms with Crippen molar-refractivity contribution in [2.75, 3.05) is 58.5 Å². The molecule has 3 heterocycles. The molecule has 8 heteroatoms. The third-order valence-corrected chi connectivity index (χ3v) is 6.06. The molecule has 0 unspecified atom stereocenters. The van der Waals surface area contributed by atoms with Crippen molar-refractivity contribution in [2.24, 2.45) is 0 Å². The number of rotatable bonds is 4. The van der Waals surface area contributed by atoms with Gasteiger partial charge < -0.3 is 34.1 Å². The summed E-state index contributed by atoms with van der Waals surface area (Å²) in [6, 6.07) is 9.82. The van der Waals surface area contributed by atoms with E-state index in [2.05, 4.69) is 39.6 Å². The molecule has 2 aromatic carbocycles. The van der Waals surface area contributed by atoms with Crippen molar-refractivity contribution in [1.82, 2.24) is 14.5 Å². The minimum absolute atomic E-state index is 0.182. The van der Waals surface area contributed by atoms with Gasteiger partial charge in [-0.1, -0.05) is 0 Å². The first kappa shape index (κ1) is 19.0. The van der Waals surface area contributed by atoms with Gasteiger partial charge >= 0.3 is 0 Å². The first-order valence-corrected chi connectivity index (χ1v) is 10.2. The third-order valence-electron chi connectivity index (χ3n) is 6.06. The average Bonchev–Trinajstić information content (AvgIpc) is 3.07. The normalized spacial score (nSPS) is 18.0. The summed E-state index contributed by atoms with van der Waals surface area (Å²) in [5, 5.41) is 20.2. The fraction of sp³-hybridized carbons (Fsp3) is 0.409. The highest BCUT2D eigenvalue weighted by Gasteiger charge is 2.27. The van der Waals surface area contributed by atoms with Gasteiger partial charge in [0.2, 0.25) is 5.75 Å². The zero-order valence-corrected chi connectivity index (χ0v) is 17.2. The Labute approximate surface area is 174 Å². The standard InChI is InChI=1S/C22H26N4O4/c1-24-5-7-25(8-6-24)15-3-4-18-17(11-15)23-22(26(18)16-12-30-13-16)14-9-19(27)21(28)20(10-14)29-2/h3-4,9-11,16,27-28H,5-8,12-13H2,1-2H3. The fourth-order valence-corrected chi connectivity index (χ4v) is 4.17. The molecule has 0 saturated carbocycles. The minimum atomic E-state index is -0.270. The number of nitrogens with zero attached hydrogens (tertiary/aromatic N) is 4. The summed E-state index contributed by atoms with van der Waals surface area (Å²) in [4.78, 5) is 9.65. The summed E-state index contributed by atoms with van der Waals surface area (Å²) in [5.74, 6) is 0.438. The lowest BCUT2D eigenvalue weighted by atomic mass is 10.1. The summed E-state index contributed by atoms with van der Waals surface area (Å²) in [7, 11) is 3.61. The van der Waals surface area contributed by atoms with Gasteiger partial charge in [-0.05, 0) is 37.4 Å². The van der Waals surface area contributed by atoms with Crippen molar-refractivity contribution in [3.63, 3.8) is 0 Å². The second-order valence-corrected chi connectivity index (χ2v) is 8.01. The Morgan fingerprint density at radius 1 is 1.07 bits per heavy atom. The van der Waals surface area contributed by atoms with Crippen LogP contribution in [0.5, 0.6) is 17.2 Å². The lowest BCUT2D eigenvalue weighted by Crippen LogP contribution is -2.44. The molecule has 3 aromatic rings. The van der Waals surface area contributed by atoms with Crippen molar-refractivity contribution >= 4 is 16.7 Å². The second-order valence-electron chi connectivity index (χ2n) is 8.01. The van der Waals surface area contributed by atoms with Gasteiger partial charge in [-0.15, -0.1) is 0 Å². The molecular formula is C22H26N4O4. The summed E-state index contributed by atoms with van der Waals surface area (Å²) < 4.78 is 12.8. The van der Waals surface area contributed by atoms with E-state index in [1.165, 1.54) is 18.9 Å². The number of aromatic hydroxyl groups is 2. The average molecular weight is 410 g/mol. The van der Waals surface area contributed by atoms with Crippen LogP contribution in [0.3, 0.4) is 0 Å². The SMILES string of the molecule is COc1cc(-c2nc3cc(N4CCN(C)CC4)ccc3n2C2COC2)cc(O)c1O. The van der Waals surface area contributed by atoms with Gasteiger partial charge in [-0.3, -0.25) is 0 Å². The van der Waals surface area contributed by atoms with Gasteiger partial charge in [-0.25, -0.2) is 4.98 Å². The molecule has 1 aromatic heterocycles. The van der Waals surface area contributed by atoms with Crippen LogP contribution in [0, 0.1) is 0 Å². The van der Waals surface area contributed by atoms with Crippen LogP contribution in [0.1, 0.15) is 6.04 Å². The highest BCUT2D eigenvalue weighted by Crippen LogP contribution is 2.41. The Bertz CT molecular complexity index is 1080. The molecule has 2 aliphatic rings. The van der Waals surface area contributed by atoms with Crippen LogP contribution in [0.15, 0.2) is 30.3 Å². The van der Waals surface area contributed by atoms with Crippen LogP contribution in [-0.4, -0.2) is 78.2 Å². The highest BCUT2D eigenvalue weighted by molar-refractivity contribution is 5.85. The maximum absolute atomic E-state index is 10.2. The van der Waals surface area contributed by atoms with E-state index in [0.29, 0.717) is 18.8 Å². The van der Waals surface area contributed by atoms with Gasteiger partial charge in [0.25, 0.3) is 0 Å². The van der Waals surface area contributed by atoms with Crippen molar-refractivity contribution in [1.29, 1.82) is 0 Å². The Morgan fingerprint density at radius 2 is 1.83 bits per heavy atom. The number of anilines is 1. The zero-order chi connectivity index (χ0) is 20.8. The number of piperazine rings is 1. The number of hydrogen-bond acceptors (Lipinski definition) is 7. The fourth-order valence-electron chi connectivity index (χ4n) is 4.17. The van der Waals surface area contributed by atoms with Crippen LogP contribution >= 0.6 is 0 Å². The summed E-state index contributed by atoms with van der Waals surface area (Å²) in [6.07, 6.45) is 0. The van der Waals surface area contributed by atoms with Crippen LogP contribution in [0.4, 0.5) is 5.69 Å². The first-order chi connectivity index (χ1) is 14.5. The molecule has 5 rings (SSSR count). The molecule has 8 nitrogen and oxygen atoms in total. The molecular weight excluding hydrogens is 384 g/mol. The van der Waals surface area contributed by atoms with E-state index >= 15 is 0 Å². The Balaban J connectivity index is 1.62. The van der Waals surface area contributed by atoms with E-state index in [0.717, 1.165) is 43.0 Å². The van der Waals surface area contributed by atoms with Crippen molar-refractivity contribution < 1.29 is 19.7 Å². The molecule has 30 heavy (non-hydrogen) atoms. The van der Waals surface area contributed by atoms with Crippen LogP contribution in [0.2, 0.25) is 0 Å². The number of likely N-dealkylation sites (N-methyl/N-ethyl adjacent to an activating group) is 1. The van der Waals surface area contributed by atoms with Crippen LogP contribution < -0.4 is 9.64 Å². The molecule has 0 aliphatic carbocycles. The van der Waals surface area contributed by atoms with Gasteiger partial charge in [-0.2, -0.15) is 0 Å². The Hall–Kier alpha value is -2.97. The maximum Gasteiger partial charge on any atom is 0.200 e. The van der Waals surface area contributed by atoms with E-state index < -0.39 is 0 Å². The largest absolute Gasteiger partial charge is 0.504 e. The molecule has 2 aliphatic heterocycles. The molecule has 0 atom stereocenters. The summed E-state index contributed by atoms with van der Waals surface area (Å²) >= 11 is 0. The molecule has 2 saturated heterocycles. The number of imidazole rings is 1. The summed E-state index contributed by atoms with van der Waals surface area (Å²) in [6.45, 7) is 5.33. The number of benzene rings is 2. The number of ether oxygens (including phenoxy) is 2. The zero-order valence-electron chi connectivity index (χ0n) is 17.2. The number of fused-ring (bicyclic) bond motifs is 1. The molecule has 158 valence electrons. The molecule has 0 amide bonds. The Morgan fingerprint density at radius 3 is 2.50 bits per heavy atom.